The van der Waals surface area contributed by atoms with Crippen LogP contribution in [0.1, 0.15) is 33.1 Å². The van der Waals surface area contributed by atoms with Crippen molar-refractivity contribution < 1.29 is 4.79 Å². The first kappa shape index (κ1) is 10.7. The highest BCUT2D eigenvalue weighted by Gasteiger charge is 2.34. The summed E-state index contributed by atoms with van der Waals surface area (Å²) in [6, 6.07) is 0.537. The van der Waals surface area contributed by atoms with E-state index >= 15 is 0 Å². The van der Waals surface area contributed by atoms with E-state index in [-0.39, 0.29) is 12.2 Å². The summed E-state index contributed by atoms with van der Waals surface area (Å²) in [4.78, 5) is 16.0. The highest BCUT2D eigenvalue weighted by Crippen LogP contribution is 2.19. The van der Waals surface area contributed by atoms with Gasteiger partial charge in [0.05, 0.1) is 6.17 Å². The highest BCUT2D eigenvalue weighted by atomic mass is 16.2. The summed E-state index contributed by atoms with van der Waals surface area (Å²) in [7, 11) is 0. The molecule has 0 aliphatic carbocycles. The Morgan fingerprint density at radius 1 is 1.33 bits per heavy atom. The molecule has 2 rings (SSSR count). The van der Waals surface area contributed by atoms with Gasteiger partial charge >= 0.3 is 6.03 Å². The van der Waals surface area contributed by atoms with Crippen LogP contribution < -0.4 is 5.32 Å². The Labute approximate surface area is 91.6 Å². The van der Waals surface area contributed by atoms with Crippen molar-refractivity contribution in [3.05, 3.63) is 0 Å². The number of nitrogens with one attached hydrogen (secondary N) is 1. The summed E-state index contributed by atoms with van der Waals surface area (Å²) in [5.74, 6) is 0. The Kier molecular flexibility index (Phi) is 3.14. The van der Waals surface area contributed by atoms with Crippen LogP contribution in [0, 0.1) is 0 Å². The summed E-state index contributed by atoms with van der Waals surface area (Å²) in [5, 5.41) is 3.43. The summed E-state index contributed by atoms with van der Waals surface area (Å²) in [6.07, 6.45) is 3.88. The quantitative estimate of drug-likeness (QED) is 0.745. The first-order valence-corrected chi connectivity index (χ1v) is 6.01. The van der Waals surface area contributed by atoms with E-state index in [4.69, 9.17) is 0 Å². The Morgan fingerprint density at radius 3 is 2.67 bits per heavy atom. The summed E-state index contributed by atoms with van der Waals surface area (Å²) >= 11 is 0. The van der Waals surface area contributed by atoms with Crippen molar-refractivity contribution in [1.29, 1.82) is 0 Å². The van der Waals surface area contributed by atoms with E-state index < -0.39 is 0 Å². The molecule has 2 amide bonds. The Hall–Kier alpha value is -0.770. The largest absolute Gasteiger partial charge is 0.321 e. The summed E-state index contributed by atoms with van der Waals surface area (Å²) in [5.41, 5.74) is 0. The lowest BCUT2D eigenvalue weighted by molar-refractivity contribution is 0.149. The lowest BCUT2D eigenvalue weighted by Crippen LogP contribution is -2.50. The van der Waals surface area contributed by atoms with Gasteiger partial charge < -0.3 is 9.80 Å². The Bertz CT molecular complexity index is 236. The monoisotopic (exact) mass is 211 g/mol. The maximum Gasteiger partial charge on any atom is 0.321 e. The van der Waals surface area contributed by atoms with E-state index in [2.05, 4.69) is 19.2 Å². The van der Waals surface area contributed by atoms with E-state index in [9.17, 15) is 4.79 Å². The van der Waals surface area contributed by atoms with Crippen LogP contribution in [0.15, 0.2) is 0 Å². The van der Waals surface area contributed by atoms with Crippen LogP contribution in [0.4, 0.5) is 4.79 Å². The minimum Gasteiger partial charge on any atom is -0.320 e. The minimum absolute atomic E-state index is 0.212. The number of hydrogen-bond acceptors (Lipinski definition) is 2. The van der Waals surface area contributed by atoms with Gasteiger partial charge in [-0.2, -0.15) is 0 Å². The third-order valence-corrected chi connectivity index (χ3v) is 3.36. The van der Waals surface area contributed by atoms with E-state index in [0.717, 1.165) is 26.1 Å². The van der Waals surface area contributed by atoms with Gasteiger partial charge in [0.1, 0.15) is 0 Å². The predicted octanol–water partition coefficient (Wildman–Crippen LogP) is 1.23. The number of amides is 2. The number of rotatable bonds is 2. The van der Waals surface area contributed by atoms with Gasteiger partial charge in [-0.15, -0.1) is 0 Å². The van der Waals surface area contributed by atoms with Gasteiger partial charge in [-0.1, -0.05) is 0 Å². The van der Waals surface area contributed by atoms with Gasteiger partial charge in [0.15, 0.2) is 0 Å². The molecule has 86 valence electrons. The van der Waals surface area contributed by atoms with Crippen LogP contribution in [0.25, 0.3) is 0 Å². The third kappa shape index (κ3) is 2.09. The zero-order valence-electron chi connectivity index (χ0n) is 9.70. The van der Waals surface area contributed by atoms with Crippen LogP contribution in [0.3, 0.4) is 0 Å². The van der Waals surface area contributed by atoms with Crippen LogP contribution in [0.2, 0.25) is 0 Å². The molecular weight excluding hydrogens is 190 g/mol. The average Bonchev–Trinajstić information content (AvgIpc) is 2.61. The second-order valence-corrected chi connectivity index (χ2v) is 4.73. The van der Waals surface area contributed by atoms with Crippen molar-refractivity contribution in [3.63, 3.8) is 0 Å². The topological polar surface area (TPSA) is 35.6 Å². The van der Waals surface area contributed by atoms with Crippen molar-refractivity contribution in [2.45, 2.75) is 45.3 Å². The maximum atomic E-state index is 12.1. The second-order valence-electron chi connectivity index (χ2n) is 4.73. The van der Waals surface area contributed by atoms with Crippen LogP contribution in [-0.2, 0) is 0 Å². The zero-order chi connectivity index (χ0) is 10.8. The standard InChI is InChI=1S/C11H21N3O/c1-9(2)13-7-8-14(11(13)15)10-5-3-4-6-12-10/h9-10,12H,3-8H2,1-2H3. The molecule has 15 heavy (non-hydrogen) atoms. The normalized spacial score (nSPS) is 27.9. The van der Waals surface area contributed by atoms with Gasteiger partial charge in [0.25, 0.3) is 0 Å². The molecule has 0 bridgehead atoms. The molecule has 0 saturated carbocycles. The Balaban J connectivity index is 1.96. The molecular formula is C11H21N3O. The lowest BCUT2D eigenvalue weighted by Gasteiger charge is -2.32. The molecule has 1 atom stereocenters. The van der Waals surface area contributed by atoms with Crippen molar-refractivity contribution in [1.82, 2.24) is 15.1 Å². The molecule has 1 unspecified atom stereocenters. The number of urea groups is 1. The number of carbonyl (C=O) groups is 1. The number of hydrogen-bond donors (Lipinski definition) is 1. The van der Waals surface area contributed by atoms with Gasteiger partial charge in [-0.05, 0) is 39.7 Å². The number of piperidine rings is 1. The fourth-order valence-electron chi connectivity index (χ4n) is 2.44. The number of nitrogens with zero attached hydrogens (tertiary/aromatic N) is 2. The SMILES string of the molecule is CC(C)N1CCN(C2CCCCN2)C1=O. The summed E-state index contributed by atoms with van der Waals surface area (Å²) in [6.45, 7) is 6.98. The van der Waals surface area contributed by atoms with E-state index in [1.54, 1.807) is 0 Å². The second kappa shape index (κ2) is 4.39. The third-order valence-electron chi connectivity index (χ3n) is 3.36. The molecule has 4 nitrogen and oxygen atoms in total. The van der Waals surface area contributed by atoms with E-state index in [1.807, 2.05) is 9.80 Å². The van der Waals surface area contributed by atoms with Crippen molar-refractivity contribution in [2.24, 2.45) is 0 Å². The average molecular weight is 211 g/mol. The minimum atomic E-state index is 0.212. The molecule has 0 aromatic heterocycles. The van der Waals surface area contributed by atoms with Gasteiger partial charge in [-0.3, -0.25) is 5.32 Å². The molecule has 0 aromatic rings. The fraction of sp³-hybridized carbons (Fsp3) is 0.909. The first-order valence-electron chi connectivity index (χ1n) is 6.01. The lowest BCUT2D eigenvalue weighted by atomic mass is 10.1. The van der Waals surface area contributed by atoms with E-state index in [0.29, 0.717) is 6.04 Å². The van der Waals surface area contributed by atoms with Gasteiger partial charge in [0.2, 0.25) is 0 Å². The molecule has 2 saturated heterocycles. The molecule has 4 heteroatoms. The molecule has 1 N–H and O–H groups in total. The van der Waals surface area contributed by atoms with Crippen LogP contribution in [0.5, 0.6) is 0 Å². The smallest absolute Gasteiger partial charge is 0.320 e. The molecule has 2 aliphatic rings. The molecule has 2 fully saturated rings. The predicted molar refractivity (Wildman–Crippen MR) is 59.6 cm³/mol. The first-order chi connectivity index (χ1) is 7.20. The summed E-state index contributed by atoms with van der Waals surface area (Å²) < 4.78 is 0. The van der Waals surface area contributed by atoms with Crippen molar-refractivity contribution >= 4 is 6.03 Å². The molecule has 2 aliphatic heterocycles. The van der Waals surface area contributed by atoms with E-state index in [1.165, 1.54) is 12.8 Å². The van der Waals surface area contributed by atoms with Gasteiger partial charge in [0, 0.05) is 19.1 Å². The maximum absolute atomic E-state index is 12.1. The molecule has 0 radical (unpaired) electrons. The van der Waals surface area contributed by atoms with Crippen molar-refractivity contribution in [3.8, 4) is 0 Å². The Morgan fingerprint density at radius 2 is 2.13 bits per heavy atom. The zero-order valence-corrected chi connectivity index (χ0v) is 9.70. The van der Waals surface area contributed by atoms with Crippen molar-refractivity contribution in [2.75, 3.05) is 19.6 Å². The highest BCUT2D eigenvalue weighted by molar-refractivity contribution is 5.77. The fourth-order valence-corrected chi connectivity index (χ4v) is 2.44. The number of carbonyl (C=O) groups excluding carboxylic acids is 1. The molecule has 2 heterocycles. The van der Waals surface area contributed by atoms with Crippen LogP contribution >= 0.6 is 0 Å². The van der Waals surface area contributed by atoms with Crippen LogP contribution in [-0.4, -0.2) is 47.7 Å². The van der Waals surface area contributed by atoms with Gasteiger partial charge in [-0.25, -0.2) is 4.79 Å². The molecule has 0 aromatic carbocycles. The molecule has 0 spiro atoms.